The van der Waals surface area contributed by atoms with Gasteiger partial charge in [0.15, 0.2) is 0 Å². The molecule has 0 aliphatic heterocycles. The first kappa shape index (κ1) is 22.7. The van der Waals surface area contributed by atoms with Crippen LogP contribution in [0.4, 0.5) is 22.0 Å². The van der Waals surface area contributed by atoms with Crippen molar-refractivity contribution in [3.05, 3.63) is 76.4 Å². The van der Waals surface area contributed by atoms with E-state index in [4.69, 9.17) is 28.9 Å². The number of carbonyl (C=O) groups excluding carboxylic acids is 1. The Labute approximate surface area is 189 Å². The van der Waals surface area contributed by atoms with Crippen molar-refractivity contribution in [1.29, 1.82) is 0 Å². The Bertz CT molecular complexity index is 1190. The minimum Gasteiger partial charge on any atom is -0.384 e. The van der Waals surface area contributed by atoms with Gasteiger partial charge in [0.2, 0.25) is 0 Å². The molecule has 0 aliphatic carbocycles. The van der Waals surface area contributed by atoms with E-state index in [9.17, 15) is 13.2 Å². The summed E-state index contributed by atoms with van der Waals surface area (Å²) in [6, 6.07) is 13.0. The van der Waals surface area contributed by atoms with Crippen molar-refractivity contribution in [2.75, 3.05) is 15.8 Å². The summed E-state index contributed by atoms with van der Waals surface area (Å²) in [7, 11) is -3.82. The molecule has 5 N–H and O–H groups in total. The highest BCUT2D eigenvalue weighted by molar-refractivity contribution is 7.92. The summed E-state index contributed by atoms with van der Waals surface area (Å²) >= 11 is 12.2. The number of nitrogens with two attached hydrogens (primary N) is 1. The number of sulfonamides is 1. The summed E-state index contributed by atoms with van der Waals surface area (Å²) < 4.78 is 27.4. The molecule has 0 fully saturated rings. The minimum atomic E-state index is -3.82. The molecule has 0 bridgehead atoms. The quantitative estimate of drug-likeness (QED) is 0.409. The Balaban J connectivity index is 1.63. The maximum atomic E-state index is 12.5. The predicted octanol–water partition coefficient (Wildman–Crippen LogP) is 4.65. The first-order chi connectivity index (χ1) is 14.7. The number of halogens is 2. The zero-order chi connectivity index (χ0) is 22.6. The van der Waals surface area contributed by atoms with Gasteiger partial charge in [0.25, 0.3) is 10.0 Å². The minimum absolute atomic E-state index is 0.0226. The van der Waals surface area contributed by atoms with E-state index in [1.165, 1.54) is 42.6 Å². The summed E-state index contributed by atoms with van der Waals surface area (Å²) in [6.07, 6.45) is 1.32. The Morgan fingerprint density at radius 2 is 1.71 bits per heavy atom. The first-order valence-electron chi connectivity index (χ1n) is 9.01. The van der Waals surface area contributed by atoms with Crippen molar-refractivity contribution in [2.24, 2.45) is 0 Å². The zero-order valence-corrected chi connectivity index (χ0v) is 18.6. The SMILES string of the molecule is CC(NC(=O)Nc1ccc(S(=O)(=O)Nc2ccc(N)nc2)cc1)c1cccc(Cl)c1Cl. The van der Waals surface area contributed by atoms with Crippen LogP contribution < -0.4 is 21.1 Å². The normalized spacial score (nSPS) is 12.1. The Kier molecular flexibility index (Phi) is 6.89. The van der Waals surface area contributed by atoms with Gasteiger partial charge in [-0.2, -0.15) is 0 Å². The Hall–Kier alpha value is -3.01. The maximum Gasteiger partial charge on any atom is 0.319 e. The molecule has 31 heavy (non-hydrogen) atoms. The first-order valence-corrected chi connectivity index (χ1v) is 11.3. The van der Waals surface area contributed by atoms with Crippen molar-refractivity contribution in [3.63, 3.8) is 0 Å². The van der Waals surface area contributed by atoms with Gasteiger partial charge in [-0.15, -0.1) is 0 Å². The smallest absolute Gasteiger partial charge is 0.319 e. The number of carbonyl (C=O) groups is 1. The molecule has 0 spiro atoms. The molecule has 1 unspecified atom stereocenters. The molecule has 162 valence electrons. The lowest BCUT2D eigenvalue weighted by atomic mass is 10.1. The molecule has 3 rings (SSSR count). The summed E-state index contributed by atoms with van der Waals surface area (Å²) in [6.45, 7) is 1.77. The lowest BCUT2D eigenvalue weighted by Crippen LogP contribution is -2.31. The van der Waals surface area contributed by atoms with Gasteiger partial charge in [-0.1, -0.05) is 35.3 Å². The zero-order valence-electron chi connectivity index (χ0n) is 16.3. The van der Waals surface area contributed by atoms with Crippen LogP contribution in [0.25, 0.3) is 0 Å². The van der Waals surface area contributed by atoms with E-state index in [-0.39, 0.29) is 16.4 Å². The second kappa shape index (κ2) is 9.42. The lowest BCUT2D eigenvalue weighted by Gasteiger charge is -2.17. The number of hydrogen-bond acceptors (Lipinski definition) is 5. The molecule has 1 atom stereocenters. The standard InChI is InChI=1S/C20H19Cl2N5O3S/c1-12(16-3-2-4-17(21)19(16)22)25-20(28)26-13-5-8-15(9-6-13)31(29,30)27-14-7-10-18(23)24-11-14/h2-12,27H,1H3,(H2,23,24)(H2,25,26,28). The molecular weight excluding hydrogens is 461 g/mol. The van der Waals surface area contributed by atoms with Crippen molar-refractivity contribution in [3.8, 4) is 0 Å². The molecule has 2 amide bonds. The number of anilines is 3. The van der Waals surface area contributed by atoms with Crippen molar-refractivity contribution < 1.29 is 13.2 Å². The highest BCUT2D eigenvalue weighted by Crippen LogP contribution is 2.29. The van der Waals surface area contributed by atoms with Crippen molar-refractivity contribution in [1.82, 2.24) is 10.3 Å². The van der Waals surface area contributed by atoms with Crippen LogP contribution in [0.2, 0.25) is 10.0 Å². The maximum absolute atomic E-state index is 12.5. The van der Waals surface area contributed by atoms with E-state index < -0.39 is 22.1 Å². The largest absolute Gasteiger partial charge is 0.384 e. The molecule has 3 aromatic rings. The van der Waals surface area contributed by atoms with Gasteiger partial charge in [-0.05, 0) is 55.0 Å². The van der Waals surface area contributed by atoms with Crippen molar-refractivity contribution in [2.45, 2.75) is 17.9 Å². The highest BCUT2D eigenvalue weighted by Gasteiger charge is 2.16. The van der Waals surface area contributed by atoms with E-state index in [0.717, 1.165) is 0 Å². The van der Waals surface area contributed by atoms with E-state index in [2.05, 4.69) is 20.3 Å². The summed E-state index contributed by atoms with van der Waals surface area (Å²) in [5.74, 6) is 0.281. The third-order valence-corrected chi connectivity index (χ3v) is 6.49. The van der Waals surface area contributed by atoms with Crippen LogP contribution in [0.5, 0.6) is 0 Å². The van der Waals surface area contributed by atoms with E-state index >= 15 is 0 Å². The summed E-state index contributed by atoms with van der Waals surface area (Å²) in [4.78, 5) is 16.2. The number of nitrogens with zero attached hydrogens (tertiary/aromatic N) is 1. The fourth-order valence-corrected chi connectivity index (χ4v) is 4.21. The number of nitrogen functional groups attached to an aromatic ring is 1. The monoisotopic (exact) mass is 479 g/mol. The number of benzene rings is 2. The molecular formula is C20H19Cl2N5O3S. The second-order valence-electron chi connectivity index (χ2n) is 6.56. The lowest BCUT2D eigenvalue weighted by molar-refractivity contribution is 0.249. The number of urea groups is 1. The number of aromatic nitrogens is 1. The number of hydrogen-bond donors (Lipinski definition) is 4. The van der Waals surface area contributed by atoms with Crippen LogP contribution >= 0.6 is 23.2 Å². The average Bonchev–Trinajstić information content (AvgIpc) is 2.72. The highest BCUT2D eigenvalue weighted by atomic mass is 35.5. The van der Waals surface area contributed by atoms with Gasteiger partial charge in [0.05, 0.1) is 32.9 Å². The van der Waals surface area contributed by atoms with Crippen LogP contribution in [0, 0.1) is 0 Å². The van der Waals surface area contributed by atoms with E-state index in [1.807, 2.05) is 0 Å². The fourth-order valence-electron chi connectivity index (χ4n) is 2.69. The van der Waals surface area contributed by atoms with Crippen LogP contribution in [0.15, 0.2) is 65.7 Å². The fraction of sp³-hybridized carbons (Fsp3) is 0.100. The topological polar surface area (TPSA) is 126 Å². The van der Waals surface area contributed by atoms with Gasteiger partial charge in [-0.25, -0.2) is 18.2 Å². The molecule has 0 radical (unpaired) electrons. The Morgan fingerprint density at radius 1 is 1.03 bits per heavy atom. The molecule has 0 aliphatic rings. The average molecular weight is 480 g/mol. The van der Waals surface area contributed by atoms with Crippen LogP contribution in [0.1, 0.15) is 18.5 Å². The van der Waals surface area contributed by atoms with Gasteiger partial charge in [0.1, 0.15) is 5.82 Å². The Morgan fingerprint density at radius 3 is 2.35 bits per heavy atom. The predicted molar refractivity (Wildman–Crippen MR) is 123 cm³/mol. The van der Waals surface area contributed by atoms with Gasteiger partial charge < -0.3 is 16.4 Å². The summed E-state index contributed by atoms with van der Waals surface area (Å²) in [5, 5.41) is 6.17. The third kappa shape index (κ3) is 5.78. The van der Waals surface area contributed by atoms with E-state index in [0.29, 0.717) is 21.3 Å². The van der Waals surface area contributed by atoms with Crippen molar-refractivity contribution >= 4 is 56.4 Å². The number of rotatable bonds is 6. The molecule has 0 saturated carbocycles. The number of pyridine rings is 1. The molecule has 2 aromatic carbocycles. The van der Waals surface area contributed by atoms with Crippen LogP contribution in [-0.2, 0) is 10.0 Å². The van der Waals surface area contributed by atoms with Gasteiger partial charge >= 0.3 is 6.03 Å². The molecule has 0 saturated heterocycles. The van der Waals surface area contributed by atoms with Gasteiger partial charge in [0, 0.05) is 5.69 Å². The number of nitrogens with one attached hydrogen (secondary N) is 3. The van der Waals surface area contributed by atoms with E-state index in [1.54, 1.807) is 25.1 Å². The third-order valence-electron chi connectivity index (χ3n) is 4.26. The van der Waals surface area contributed by atoms with Crippen LogP contribution in [0.3, 0.4) is 0 Å². The molecule has 8 nitrogen and oxygen atoms in total. The van der Waals surface area contributed by atoms with Crippen LogP contribution in [-0.4, -0.2) is 19.4 Å². The molecule has 1 heterocycles. The summed E-state index contributed by atoms with van der Waals surface area (Å²) in [5.41, 5.74) is 6.86. The number of amides is 2. The second-order valence-corrected chi connectivity index (χ2v) is 9.03. The van der Waals surface area contributed by atoms with Gasteiger partial charge in [-0.3, -0.25) is 4.72 Å². The molecule has 1 aromatic heterocycles. The molecule has 11 heteroatoms.